The van der Waals surface area contributed by atoms with Crippen molar-refractivity contribution in [2.75, 3.05) is 18.4 Å². The molecule has 4 heteroatoms. The lowest BCUT2D eigenvalue weighted by Gasteiger charge is -2.19. The monoisotopic (exact) mass is 360 g/mol. The summed E-state index contributed by atoms with van der Waals surface area (Å²) < 4.78 is 13.2. The van der Waals surface area contributed by atoms with Crippen molar-refractivity contribution in [2.45, 2.75) is 5.92 Å². The zero-order chi connectivity index (χ0) is 18.6. The van der Waals surface area contributed by atoms with Crippen LogP contribution in [-0.2, 0) is 4.79 Å². The van der Waals surface area contributed by atoms with Crippen molar-refractivity contribution < 1.29 is 9.18 Å². The minimum Gasteiger partial charge on any atom is -0.326 e. The molecule has 3 aromatic rings. The van der Waals surface area contributed by atoms with Crippen LogP contribution in [0, 0.1) is 11.7 Å². The number of carbonyl (C=O) groups excluding carboxylic acids is 1. The summed E-state index contributed by atoms with van der Waals surface area (Å²) >= 11 is 0. The number of carbonyl (C=O) groups is 1. The van der Waals surface area contributed by atoms with E-state index < -0.39 is 0 Å². The highest BCUT2D eigenvalue weighted by atomic mass is 19.1. The van der Waals surface area contributed by atoms with Crippen LogP contribution in [0.4, 0.5) is 10.1 Å². The number of anilines is 1. The van der Waals surface area contributed by atoms with Gasteiger partial charge in [-0.3, -0.25) is 4.79 Å². The molecule has 1 aliphatic rings. The second kappa shape index (κ2) is 7.72. The highest BCUT2D eigenvalue weighted by Gasteiger charge is 2.34. The van der Waals surface area contributed by atoms with E-state index in [1.807, 2.05) is 54.6 Å². The Kier molecular flexibility index (Phi) is 4.99. The Morgan fingerprint density at radius 1 is 0.889 bits per heavy atom. The van der Waals surface area contributed by atoms with Crippen LogP contribution in [0.2, 0.25) is 0 Å². The molecule has 0 aromatic heterocycles. The molecule has 0 bridgehead atoms. The van der Waals surface area contributed by atoms with Crippen LogP contribution in [0.1, 0.15) is 11.5 Å². The number of hydrogen-bond donors (Lipinski definition) is 2. The van der Waals surface area contributed by atoms with E-state index in [-0.39, 0.29) is 23.6 Å². The van der Waals surface area contributed by atoms with Gasteiger partial charge in [0.25, 0.3) is 0 Å². The van der Waals surface area contributed by atoms with Crippen molar-refractivity contribution in [1.82, 2.24) is 5.32 Å². The molecule has 0 spiro atoms. The number of halogens is 1. The van der Waals surface area contributed by atoms with Crippen LogP contribution in [-0.4, -0.2) is 19.0 Å². The quantitative estimate of drug-likeness (QED) is 0.722. The third-order valence-corrected chi connectivity index (χ3v) is 5.09. The van der Waals surface area contributed by atoms with Gasteiger partial charge in [0.2, 0.25) is 5.91 Å². The summed E-state index contributed by atoms with van der Waals surface area (Å²) in [6, 6.07) is 24.4. The van der Waals surface area contributed by atoms with E-state index in [9.17, 15) is 9.18 Å². The lowest BCUT2D eigenvalue weighted by Crippen LogP contribution is -2.28. The van der Waals surface area contributed by atoms with Crippen LogP contribution in [0.25, 0.3) is 11.1 Å². The van der Waals surface area contributed by atoms with E-state index in [1.165, 1.54) is 12.1 Å². The summed E-state index contributed by atoms with van der Waals surface area (Å²) in [5.41, 5.74) is 3.94. The molecule has 1 saturated heterocycles. The van der Waals surface area contributed by atoms with Crippen LogP contribution < -0.4 is 10.6 Å². The molecule has 1 aliphatic heterocycles. The smallest absolute Gasteiger partial charge is 0.229 e. The first-order valence-corrected chi connectivity index (χ1v) is 9.13. The van der Waals surface area contributed by atoms with Gasteiger partial charge in [-0.05, 0) is 41.0 Å². The largest absolute Gasteiger partial charge is 0.326 e. The van der Waals surface area contributed by atoms with E-state index in [1.54, 1.807) is 12.1 Å². The fraction of sp³-hybridized carbons (Fsp3) is 0.174. The number of amides is 1. The zero-order valence-corrected chi connectivity index (χ0v) is 14.9. The SMILES string of the molecule is O=C(Nc1cccc(-c2ccccc2)c1)C1CNCC1c1ccc(F)cc1. The van der Waals surface area contributed by atoms with Crippen molar-refractivity contribution in [3.8, 4) is 11.1 Å². The van der Waals surface area contributed by atoms with Crippen LogP contribution in [0.15, 0.2) is 78.9 Å². The van der Waals surface area contributed by atoms with Gasteiger partial charge in [-0.15, -0.1) is 0 Å². The molecule has 2 unspecified atom stereocenters. The van der Waals surface area contributed by atoms with Gasteiger partial charge in [0.15, 0.2) is 0 Å². The number of benzene rings is 3. The Bertz CT molecular complexity index is 925. The average Bonchev–Trinajstić information content (AvgIpc) is 3.19. The zero-order valence-electron chi connectivity index (χ0n) is 14.9. The van der Waals surface area contributed by atoms with Crippen molar-refractivity contribution >= 4 is 11.6 Å². The topological polar surface area (TPSA) is 41.1 Å². The normalized spacial score (nSPS) is 19.0. The fourth-order valence-corrected chi connectivity index (χ4v) is 3.66. The predicted molar refractivity (Wildman–Crippen MR) is 106 cm³/mol. The molecule has 0 aliphatic carbocycles. The first kappa shape index (κ1) is 17.4. The summed E-state index contributed by atoms with van der Waals surface area (Å²) in [4.78, 5) is 12.9. The van der Waals surface area contributed by atoms with Crippen molar-refractivity contribution in [1.29, 1.82) is 0 Å². The molecule has 2 N–H and O–H groups in total. The summed E-state index contributed by atoms with van der Waals surface area (Å²) in [6.45, 7) is 1.33. The minimum absolute atomic E-state index is 0.0143. The lowest BCUT2D eigenvalue weighted by atomic mass is 9.88. The Hall–Kier alpha value is -2.98. The maximum Gasteiger partial charge on any atom is 0.229 e. The Morgan fingerprint density at radius 2 is 1.63 bits per heavy atom. The Balaban J connectivity index is 1.51. The highest BCUT2D eigenvalue weighted by molar-refractivity contribution is 5.94. The van der Waals surface area contributed by atoms with Gasteiger partial charge in [0.05, 0.1) is 5.92 Å². The predicted octanol–water partition coefficient (Wildman–Crippen LogP) is 4.43. The Labute approximate surface area is 158 Å². The first-order valence-electron chi connectivity index (χ1n) is 9.13. The van der Waals surface area contributed by atoms with E-state index in [0.29, 0.717) is 13.1 Å². The molecule has 136 valence electrons. The van der Waals surface area contributed by atoms with Gasteiger partial charge < -0.3 is 10.6 Å². The number of nitrogens with one attached hydrogen (secondary N) is 2. The lowest BCUT2D eigenvalue weighted by molar-refractivity contribution is -0.119. The third kappa shape index (κ3) is 3.91. The van der Waals surface area contributed by atoms with E-state index in [4.69, 9.17) is 0 Å². The number of rotatable bonds is 4. The molecule has 4 rings (SSSR count). The molecule has 1 amide bonds. The molecule has 3 aromatic carbocycles. The van der Waals surface area contributed by atoms with Gasteiger partial charge in [-0.2, -0.15) is 0 Å². The van der Waals surface area contributed by atoms with Gasteiger partial charge in [0, 0.05) is 24.7 Å². The van der Waals surface area contributed by atoms with Crippen LogP contribution >= 0.6 is 0 Å². The molecular formula is C23H21FN2O. The second-order valence-corrected chi connectivity index (χ2v) is 6.86. The van der Waals surface area contributed by atoms with Crippen molar-refractivity contribution in [2.24, 2.45) is 5.92 Å². The summed E-state index contributed by atoms with van der Waals surface area (Å²) in [6.07, 6.45) is 0. The van der Waals surface area contributed by atoms with Gasteiger partial charge >= 0.3 is 0 Å². The summed E-state index contributed by atoms with van der Waals surface area (Å²) in [7, 11) is 0. The van der Waals surface area contributed by atoms with Crippen LogP contribution in [0.3, 0.4) is 0 Å². The molecule has 0 radical (unpaired) electrons. The van der Waals surface area contributed by atoms with E-state index in [0.717, 1.165) is 22.4 Å². The van der Waals surface area contributed by atoms with Gasteiger partial charge in [-0.25, -0.2) is 4.39 Å². The molecule has 1 fully saturated rings. The van der Waals surface area contributed by atoms with Gasteiger partial charge in [0.1, 0.15) is 5.82 Å². The van der Waals surface area contributed by atoms with Crippen molar-refractivity contribution in [3.05, 3.63) is 90.2 Å². The Morgan fingerprint density at radius 3 is 2.41 bits per heavy atom. The van der Waals surface area contributed by atoms with Crippen LogP contribution in [0.5, 0.6) is 0 Å². The molecule has 27 heavy (non-hydrogen) atoms. The molecule has 3 nitrogen and oxygen atoms in total. The molecular weight excluding hydrogens is 339 g/mol. The minimum atomic E-state index is -0.261. The fourth-order valence-electron chi connectivity index (χ4n) is 3.66. The molecule has 0 saturated carbocycles. The standard InChI is InChI=1S/C23H21FN2O/c24-19-11-9-17(10-12-19)21-14-25-15-22(21)23(27)26-20-8-4-7-18(13-20)16-5-2-1-3-6-16/h1-13,21-22,25H,14-15H2,(H,26,27). The maximum atomic E-state index is 13.2. The molecule has 1 heterocycles. The van der Waals surface area contributed by atoms with Crippen molar-refractivity contribution in [3.63, 3.8) is 0 Å². The van der Waals surface area contributed by atoms with E-state index >= 15 is 0 Å². The maximum absolute atomic E-state index is 13.2. The van der Waals surface area contributed by atoms with Gasteiger partial charge in [-0.1, -0.05) is 54.6 Å². The van der Waals surface area contributed by atoms with E-state index in [2.05, 4.69) is 10.6 Å². The highest BCUT2D eigenvalue weighted by Crippen LogP contribution is 2.30. The molecule has 2 atom stereocenters. The average molecular weight is 360 g/mol. The summed E-state index contributed by atoms with van der Waals surface area (Å²) in [5, 5.41) is 6.34. The summed E-state index contributed by atoms with van der Waals surface area (Å²) in [5.74, 6) is -0.415. The second-order valence-electron chi connectivity index (χ2n) is 6.86. The third-order valence-electron chi connectivity index (χ3n) is 5.09. The first-order chi connectivity index (χ1) is 13.2. The number of hydrogen-bond acceptors (Lipinski definition) is 2.